The summed E-state index contributed by atoms with van der Waals surface area (Å²) in [5.74, 6) is -0.463. The second-order valence-corrected chi connectivity index (χ2v) is 9.64. The molecule has 0 amide bonds. The lowest BCUT2D eigenvalue weighted by Gasteiger charge is -2.27. The van der Waals surface area contributed by atoms with Gasteiger partial charge in [-0.1, -0.05) is 43.7 Å². The second-order valence-electron chi connectivity index (χ2n) is 9.64. The predicted molar refractivity (Wildman–Crippen MR) is 132 cm³/mol. The van der Waals surface area contributed by atoms with E-state index >= 15 is 0 Å². The van der Waals surface area contributed by atoms with Gasteiger partial charge >= 0.3 is 5.97 Å². The van der Waals surface area contributed by atoms with Gasteiger partial charge in [-0.2, -0.15) is 0 Å². The van der Waals surface area contributed by atoms with E-state index in [-0.39, 0.29) is 30.2 Å². The number of pyridine rings is 1. The van der Waals surface area contributed by atoms with Crippen LogP contribution in [0.15, 0.2) is 48.5 Å². The van der Waals surface area contributed by atoms with Crippen LogP contribution in [-0.4, -0.2) is 28.3 Å². The van der Waals surface area contributed by atoms with Crippen molar-refractivity contribution in [1.82, 2.24) is 4.98 Å². The third kappa shape index (κ3) is 5.36. The Kier molecular flexibility index (Phi) is 7.13. The van der Waals surface area contributed by atoms with Crippen molar-refractivity contribution in [2.45, 2.75) is 71.5 Å². The molecule has 1 aliphatic rings. The summed E-state index contributed by atoms with van der Waals surface area (Å²) in [5, 5.41) is 10.0. The SMILES string of the molecule is Cc1ccc(C)c(-c2cc(-c3ccc(F)cc3)c(CC[C@H]3C[C@@H](O)CC(=O)O3)c(C(C)C)n2)c1. The number of aromatic nitrogens is 1. The van der Waals surface area contributed by atoms with Gasteiger partial charge in [-0.05, 0) is 79.1 Å². The van der Waals surface area contributed by atoms with Crippen LogP contribution in [0.3, 0.4) is 0 Å². The molecular weight excluding hydrogens is 429 g/mol. The van der Waals surface area contributed by atoms with Crippen LogP contribution in [0.4, 0.5) is 4.39 Å². The zero-order chi connectivity index (χ0) is 24.4. The largest absolute Gasteiger partial charge is 0.462 e. The minimum absolute atomic E-state index is 0.0562. The highest BCUT2D eigenvalue weighted by Crippen LogP contribution is 2.36. The summed E-state index contributed by atoms with van der Waals surface area (Å²) >= 11 is 0. The van der Waals surface area contributed by atoms with Gasteiger partial charge in [0.15, 0.2) is 0 Å². The Labute approximate surface area is 200 Å². The van der Waals surface area contributed by atoms with Crippen molar-refractivity contribution in [3.8, 4) is 22.4 Å². The first-order valence-corrected chi connectivity index (χ1v) is 12.0. The highest BCUT2D eigenvalue weighted by atomic mass is 19.1. The molecule has 0 aliphatic carbocycles. The van der Waals surface area contributed by atoms with Gasteiger partial charge < -0.3 is 9.84 Å². The summed E-state index contributed by atoms with van der Waals surface area (Å²) in [6.45, 7) is 8.40. The van der Waals surface area contributed by atoms with Gasteiger partial charge in [-0.25, -0.2) is 4.39 Å². The minimum atomic E-state index is -0.655. The maximum atomic E-state index is 13.7. The number of aliphatic hydroxyl groups is 1. The predicted octanol–water partition coefficient (Wildman–Crippen LogP) is 6.29. The molecule has 0 bridgehead atoms. The lowest BCUT2D eigenvalue weighted by Crippen LogP contribution is -2.32. The topological polar surface area (TPSA) is 59.4 Å². The van der Waals surface area contributed by atoms with E-state index in [2.05, 4.69) is 52.0 Å². The molecule has 0 saturated carbocycles. The molecule has 34 heavy (non-hydrogen) atoms. The molecule has 1 saturated heterocycles. The van der Waals surface area contributed by atoms with E-state index in [0.29, 0.717) is 19.3 Å². The summed E-state index contributed by atoms with van der Waals surface area (Å²) in [7, 11) is 0. The third-order valence-electron chi connectivity index (χ3n) is 6.48. The number of hydrogen-bond donors (Lipinski definition) is 1. The van der Waals surface area contributed by atoms with Gasteiger partial charge in [0, 0.05) is 17.7 Å². The molecule has 4 rings (SSSR count). The number of ether oxygens (including phenoxy) is 1. The first-order valence-electron chi connectivity index (χ1n) is 12.0. The number of hydrogen-bond acceptors (Lipinski definition) is 4. The Morgan fingerprint density at radius 3 is 2.50 bits per heavy atom. The molecule has 1 aliphatic heterocycles. The van der Waals surface area contributed by atoms with Gasteiger partial charge in [-0.15, -0.1) is 0 Å². The Morgan fingerprint density at radius 1 is 1.09 bits per heavy atom. The van der Waals surface area contributed by atoms with Crippen molar-refractivity contribution in [3.05, 3.63) is 76.7 Å². The molecule has 2 aromatic carbocycles. The van der Waals surface area contributed by atoms with Crippen LogP contribution >= 0.6 is 0 Å². The van der Waals surface area contributed by atoms with Crippen LogP contribution in [0.25, 0.3) is 22.4 Å². The van der Waals surface area contributed by atoms with Crippen molar-refractivity contribution >= 4 is 5.97 Å². The summed E-state index contributed by atoms with van der Waals surface area (Å²) < 4.78 is 19.2. The highest BCUT2D eigenvalue weighted by molar-refractivity contribution is 5.76. The number of carbonyl (C=O) groups is 1. The van der Waals surface area contributed by atoms with E-state index in [1.54, 1.807) is 12.1 Å². The minimum Gasteiger partial charge on any atom is -0.462 e. The first-order chi connectivity index (χ1) is 16.2. The van der Waals surface area contributed by atoms with E-state index < -0.39 is 6.10 Å². The summed E-state index contributed by atoms with van der Waals surface area (Å²) in [6, 6.07) is 15.0. The molecule has 1 fully saturated rings. The maximum Gasteiger partial charge on any atom is 0.308 e. The van der Waals surface area contributed by atoms with Crippen LogP contribution in [0.5, 0.6) is 0 Å². The molecule has 0 radical (unpaired) electrons. The smallest absolute Gasteiger partial charge is 0.308 e. The van der Waals surface area contributed by atoms with Gasteiger partial charge in [0.25, 0.3) is 0 Å². The fraction of sp³-hybridized carbons (Fsp3) is 0.379. The Bertz CT molecular complexity index is 1190. The Hall–Kier alpha value is -3.05. The van der Waals surface area contributed by atoms with Crippen molar-refractivity contribution < 1.29 is 19.0 Å². The summed E-state index contributed by atoms with van der Waals surface area (Å²) in [5.41, 5.74) is 8.29. The van der Waals surface area contributed by atoms with E-state index in [0.717, 1.165) is 39.2 Å². The first kappa shape index (κ1) is 24.1. The number of cyclic esters (lactones) is 1. The van der Waals surface area contributed by atoms with Crippen molar-refractivity contribution in [2.75, 3.05) is 0 Å². The molecule has 4 nitrogen and oxygen atoms in total. The quantitative estimate of drug-likeness (QED) is 0.438. The molecule has 3 aromatic rings. The molecule has 1 N–H and O–H groups in total. The third-order valence-corrected chi connectivity index (χ3v) is 6.48. The van der Waals surface area contributed by atoms with E-state index in [4.69, 9.17) is 9.72 Å². The summed E-state index contributed by atoms with van der Waals surface area (Å²) in [6.07, 6.45) is 0.767. The van der Waals surface area contributed by atoms with Crippen LogP contribution in [-0.2, 0) is 16.0 Å². The second kappa shape index (κ2) is 10.1. The van der Waals surface area contributed by atoms with Crippen LogP contribution in [0.1, 0.15) is 61.4 Å². The van der Waals surface area contributed by atoms with E-state index in [1.807, 2.05) is 0 Å². The highest BCUT2D eigenvalue weighted by Gasteiger charge is 2.28. The number of halogens is 1. The zero-order valence-corrected chi connectivity index (χ0v) is 20.3. The van der Waals surface area contributed by atoms with Crippen molar-refractivity contribution in [1.29, 1.82) is 0 Å². The van der Waals surface area contributed by atoms with Crippen molar-refractivity contribution in [3.63, 3.8) is 0 Å². The molecule has 0 spiro atoms. The number of rotatable bonds is 6. The number of esters is 1. The fourth-order valence-corrected chi connectivity index (χ4v) is 4.71. The lowest BCUT2D eigenvalue weighted by atomic mass is 9.88. The van der Waals surface area contributed by atoms with Crippen molar-refractivity contribution in [2.24, 2.45) is 0 Å². The number of benzene rings is 2. The van der Waals surface area contributed by atoms with E-state index in [9.17, 15) is 14.3 Å². The molecule has 0 unspecified atom stereocenters. The monoisotopic (exact) mass is 461 g/mol. The average molecular weight is 462 g/mol. The molecule has 178 valence electrons. The van der Waals surface area contributed by atoms with Gasteiger partial charge in [0.05, 0.1) is 18.2 Å². The van der Waals surface area contributed by atoms with Gasteiger partial charge in [0.2, 0.25) is 0 Å². The molecule has 5 heteroatoms. The van der Waals surface area contributed by atoms with Crippen LogP contribution in [0, 0.1) is 19.7 Å². The number of aryl methyl sites for hydroxylation is 2. The number of nitrogens with zero attached hydrogens (tertiary/aromatic N) is 1. The molecule has 2 atom stereocenters. The lowest BCUT2D eigenvalue weighted by molar-refractivity contribution is -0.160. The average Bonchev–Trinajstić information content (AvgIpc) is 2.78. The van der Waals surface area contributed by atoms with Gasteiger partial charge in [0.1, 0.15) is 11.9 Å². The Balaban J connectivity index is 1.82. The van der Waals surface area contributed by atoms with Crippen LogP contribution in [0.2, 0.25) is 0 Å². The number of aliphatic hydroxyl groups excluding tert-OH is 1. The van der Waals surface area contributed by atoms with Gasteiger partial charge in [-0.3, -0.25) is 9.78 Å². The molecule has 1 aromatic heterocycles. The molecular formula is C29H32FNO3. The fourth-order valence-electron chi connectivity index (χ4n) is 4.71. The zero-order valence-electron chi connectivity index (χ0n) is 20.3. The summed E-state index contributed by atoms with van der Waals surface area (Å²) in [4.78, 5) is 16.9. The van der Waals surface area contributed by atoms with Crippen LogP contribution < -0.4 is 0 Å². The normalized spacial score (nSPS) is 18.3. The number of carbonyl (C=O) groups excluding carboxylic acids is 1. The van der Waals surface area contributed by atoms with E-state index in [1.165, 1.54) is 17.7 Å². The Morgan fingerprint density at radius 2 is 1.82 bits per heavy atom. The maximum absolute atomic E-state index is 13.7. The molecule has 2 heterocycles. The standard InChI is InChI=1S/C29H32FNO3/c1-17(2)29-24(12-11-23-14-22(32)15-28(33)34-23)26(20-7-9-21(30)10-8-20)16-27(31-29)25-13-18(3)5-6-19(25)4/h5-10,13,16-17,22-23,32H,11-12,14-15H2,1-4H3/t22-,23+/m1/s1.